The molecule has 1 unspecified atom stereocenters. The van der Waals surface area contributed by atoms with E-state index in [0.717, 1.165) is 25.7 Å². The summed E-state index contributed by atoms with van der Waals surface area (Å²) in [5.41, 5.74) is 0. The van der Waals surface area contributed by atoms with E-state index in [0.29, 0.717) is 6.54 Å². The van der Waals surface area contributed by atoms with E-state index >= 15 is 0 Å². The Labute approximate surface area is 102 Å². The van der Waals surface area contributed by atoms with Gasteiger partial charge in [-0.2, -0.15) is 0 Å². The maximum atomic E-state index is 11.9. The van der Waals surface area contributed by atoms with Crippen LogP contribution in [0.15, 0.2) is 0 Å². The molecule has 1 heterocycles. The van der Waals surface area contributed by atoms with E-state index in [9.17, 15) is 9.59 Å². The molecule has 1 atom stereocenters. The molecule has 98 valence electrons. The molecule has 0 radical (unpaired) electrons. The van der Waals surface area contributed by atoms with Crippen LogP contribution in [0.1, 0.15) is 39.5 Å². The van der Waals surface area contributed by atoms with Gasteiger partial charge in [-0.1, -0.05) is 26.7 Å². The Morgan fingerprint density at radius 2 is 1.88 bits per heavy atom. The first-order valence-corrected chi connectivity index (χ1v) is 6.30. The lowest BCUT2D eigenvalue weighted by molar-refractivity contribution is -0.128. The number of carbonyl (C=O) groups excluding carboxylic acids is 2. The van der Waals surface area contributed by atoms with Gasteiger partial charge < -0.3 is 10.4 Å². The summed E-state index contributed by atoms with van der Waals surface area (Å²) >= 11 is 0. The molecule has 0 aromatic heterocycles. The predicted molar refractivity (Wildman–Crippen MR) is 64.4 cm³/mol. The van der Waals surface area contributed by atoms with Crippen LogP contribution in [-0.2, 0) is 4.79 Å². The van der Waals surface area contributed by atoms with Gasteiger partial charge in [0.05, 0.1) is 0 Å². The Bertz CT molecular complexity index is 279. The Morgan fingerprint density at radius 1 is 1.24 bits per heavy atom. The minimum absolute atomic E-state index is 0.104. The maximum Gasteiger partial charge on any atom is 0.324 e. The third kappa shape index (κ3) is 3.70. The number of unbranched alkanes of at least 4 members (excludes halogenated alkanes) is 3. The highest BCUT2D eigenvalue weighted by Crippen LogP contribution is 2.14. The highest BCUT2D eigenvalue weighted by molar-refractivity contribution is 6.04. The molecule has 0 aromatic rings. The van der Waals surface area contributed by atoms with Gasteiger partial charge in [-0.3, -0.25) is 9.69 Å². The van der Waals surface area contributed by atoms with Crippen LogP contribution in [0, 0.1) is 5.92 Å². The van der Waals surface area contributed by atoms with Crippen LogP contribution in [0.4, 0.5) is 4.79 Å². The van der Waals surface area contributed by atoms with E-state index in [-0.39, 0.29) is 30.5 Å². The first-order valence-electron chi connectivity index (χ1n) is 6.30. The molecule has 5 nitrogen and oxygen atoms in total. The molecule has 1 saturated heterocycles. The molecular weight excluding hydrogens is 220 g/mol. The van der Waals surface area contributed by atoms with Crippen molar-refractivity contribution in [3.05, 3.63) is 0 Å². The van der Waals surface area contributed by atoms with Crippen molar-refractivity contribution in [2.75, 3.05) is 13.2 Å². The number of carbonyl (C=O) groups is 2. The van der Waals surface area contributed by atoms with E-state index in [1.165, 1.54) is 4.90 Å². The zero-order chi connectivity index (χ0) is 12.8. The van der Waals surface area contributed by atoms with Gasteiger partial charge in [0.25, 0.3) is 5.91 Å². The maximum absolute atomic E-state index is 11.9. The highest BCUT2D eigenvalue weighted by atomic mass is 16.3. The first kappa shape index (κ1) is 14.0. The molecule has 5 heteroatoms. The van der Waals surface area contributed by atoms with Crippen LogP contribution in [0.2, 0.25) is 0 Å². The average molecular weight is 242 g/mol. The van der Waals surface area contributed by atoms with Gasteiger partial charge in [-0.05, 0) is 18.8 Å². The number of amides is 3. The lowest BCUT2D eigenvalue weighted by Crippen LogP contribution is -2.35. The van der Waals surface area contributed by atoms with Crippen LogP contribution < -0.4 is 5.32 Å². The summed E-state index contributed by atoms with van der Waals surface area (Å²) in [5, 5.41) is 11.3. The molecule has 2 N–H and O–H groups in total. The summed E-state index contributed by atoms with van der Waals surface area (Å²) in [5.74, 6) is 0.0259. The van der Waals surface area contributed by atoms with Gasteiger partial charge in [-0.25, -0.2) is 4.79 Å². The minimum Gasteiger partial charge on any atom is -0.396 e. The Hall–Kier alpha value is -1.10. The van der Waals surface area contributed by atoms with Crippen LogP contribution in [0.5, 0.6) is 0 Å². The molecule has 0 aliphatic carbocycles. The SMILES string of the molecule is CC(C)C1NC(=O)N(CCCCCCO)C1=O. The number of nitrogens with one attached hydrogen (secondary N) is 1. The van der Waals surface area contributed by atoms with Crippen molar-refractivity contribution < 1.29 is 14.7 Å². The van der Waals surface area contributed by atoms with Crippen LogP contribution in [-0.4, -0.2) is 41.1 Å². The molecule has 0 spiro atoms. The number of rotatable bonds is 7. The van der Waals surface area contributed by atoms with Gasteiger partial charge in [0.1, 0.15) is 6.04 Å². The van der Waals surface area contributed by atoms with Gasteiger partial charge in [0, 0.05) is 13.2 Å². The van der Waals surface area contributed by atoms with E-state index < -0.39 is 0 Å². The molecule has 1 aliphatic rings. The summed E-state index contributed by atoms with van der Waals surface area (Å²) in [6.07, 6.45) is 3.47. The fourth-order valence-electron chi connectivity index (χ4n) is 1.94. The predicted octanol–water partition coefficient (Wildman–Crippen LogP) is 1.12. The number of urea groups is 1. The van der Waals surface area contributed by atoms with E-state index in [2.05, 4.69) is 5.32 Å². The molecular formula is C12H22N2O3. The van der Waals surface area contributed by atoms with Gasteiger partial charge in [0.15, 0.2) is 0 Å². The first-order chi connectivity index (χ1) is 8.07. The molecule has 17 heavy (non-hydrogen) atoms. The van der Waals surface area contributed by atoms with Crippen molar-refractivity contribution >= 4 is 11.9 Å². The third-order valence-corrected chi connectivity index (χ3v) is 3.01. The van der Waals surface area contributed by atoms with Crippen molar-refractivity contribution in [2.45, 2.75) is 45.6 Å². The average Bonchev–Trinajstić information content (AvgIpc) is 2.56. The van der Waals surface area contributed by atoms with Gasteiger partial charge >= 0.3 is 6.03 Å². The Balaban J connectivity index is 2.33. The second-order valence-electron chi connectivity index (χ2n) is 4.80. The van der Waals surface area contributed by atoms with Crippen LogP contribution >= 0.6 is 0 Å². The fraction of sp³-hybridized carbons (Fsp3) is 0.833. The molecule has 0 bridgehead atoms. The molecule has 1 rings (SSSR count). The molecule has 1 fully saturated rings. The lowest BCUT2D eigenvalue weighted by atomic mass is 10.1. The highest BCUT2D eigenvalue weighted by Gasteiger charge is 2.38. The van der Waals surface area contributed by atoms with Gasteiger partial charge in [-0.15, -0.1) is 0 Å². The van der Waals surface area contributed by atoms with Crippen molar-refractivity contribution in [1.29, 1.82) is 0 Å². The molecule has 0 aromatic carbocycles. The van der Waals surface area contributed by atoms with Crippen molar-refractivity contribution in [3.8, 4) is 0 Å². The summed E-state index contributed by atoms with van der Waals surface area (Å²) < 4.78 is 0. The van der Waals surface area contributed by atoms with E-state index in [4.69, 9.17) is 5.11 Å². The lowest BCUT2D eigenvalue weighted by Gasteiger charge is -2.14. The zero-order valence-electron chi connectivity index (χ0n) is 10.6. The number of nitrogens with zero attached hydrogens (tertiary/aromatic N) is 1. The van der Waals surface area contributed by atoms with Crippen LogP contribution in [0.25, 0.3) is 0 Å². The quantitative estimate of drug-likeness (QED) is 0.519. The monoisotopic (exact) mass is 242 g/mol. The van der Waals surface area contributed by atoms with E-state index in [1.807, 2.05) is 13.8 Å². The van der Waals surface area contributed by atoms with Crippen molar-refractivity contribution in [3.63, 3.8) is 0 Å². The standard InChI is InChI=1S/C12H22N2O3/c1-9(2)10-11(16)14(12(17)13-10)7-5-3-4-6-8-15/h9-10,15H,3-8H2,1-2H3,(H,13,17). The molecule has 3 amide bonds. The second kappa shape index (κ2) is 6.59. The number of aliphatic hydroxyl groups excluding tert-OH is 1. The topological polar surface area (TPSA) is 69.6 Å². The van der Waals surface area contributed by atoms with Crippen LogP contribution in [0.3, 0.4) is 0 Å². The second-order valence-corrected chi connectivity index (χ2v) is 4.80. The zero-order valence-corrected chi connectivity index (χ0v) is 10.6. The van der Waals surface area contributed by atoms with Gasteiger partial charge in [0.2, 0.25) is 0 Å². The largest absolute Gasteiger partial charge is 0.396 e. The Morgan fingerprint density at radius 3 is 2.41 bits per heavy atom. The van der Waals surface area contributed by atoms with Crippen molar-refractivity contribution in [2.24, 2.45) is 5.92 Å². The summed E-state index contributed by atoms with van der Waals surface area (Å²) in [6.45, 7) is 4.54. The number of hydrogen-bond donors (Lipinski definition) is 2. The van der Waals surface area contributed by atoms with Crippen molar-refractivity contribution in [1.82, 2.24) is 10.2 Å². The number of hydrogen-bond acceptors (Lipinski definition) is 3. The fourth-order valence-corrected chi connectivity index (χ4v) is 1.94. The molecule has 0 saturated carbocycles. The smallest absolute Gasteiger partial charge is 0.324 e. The third-order valence-electron chi connectivity index (χ3n) is 3.01. The number of imide groups is 1. The number of aliphatic hydroxyl groups is 1. The normalized spacial score (nSPS) is 20.2. The van der Waals surface area contributed by atoms with E-state index in [1.54, 1.807) is 0 Å². The summed E-state index contributed by atoms with van der Waals surface area (Å²) in [6, 6.07) is -0.629. The minimum atomic E-state index is -0.361. The summed E-state index contributed by atoms with van der Waals surface area (Å²) in [4.78, 5) is 24.8. The Kier molecular flexibility index (Phi) is 5.41. The summed E-state index contributed by atoms with van der Waals surface area (Å²) in [7, 11) is 0. The molecule has 1 aliphatic heterocycles.